The molecule has 0 aliphatic carbocycles. The lowest BCUT2D eigenvalue weighted by Gasteiger charge is -1.99. The van der Waals surface area contributed by atoms with Gasteiger partial charge in [0.2, 0.25) is 0 Å². The highest BCUT2D eigenvalue weighted by atomic mass is 16.1. The molecule has 1 heterocycles. The van der Waals surface area contributed by atoms with Gasteiger partial charge in [0.15, 0.2) is 5.78 Å². The third-order valence-corrected chi connectivity index (χ3v) is 2.28. The molecule has 0 saturated heterocycles. The van der Waals surface area contributed by atoms with E-state index in [9.17, 15) is 4.79 Å². The standard InChI is InChI=1S/C10H11NO/c1-6-4-3-5-8-9(6)10(12)7(2)11-8/h3-5,7,11H,1-2H3. The van der Waals surface area contributed by atoms with E-state index in [1.807, 2.05) is 32.0 Å². The zero-order chi connectivity index (χ0) is 8.72. The Kier molecular flexibility index (Phi) is 1.43. The smallest absolute Gasteiger partial charge is 0.187 e. The Bertz CT molecular complexity index is 344. The molecule has 1 aliphatic heterocycles. The normalized spacial score (nSPS) is 20.5. The zero-order valence-corrected chi connectivity index (χ0v) is 7.22. The highest BCUT2D eigenvalue weighted by Gasteiger charge is 2.26. The number of fused-ring (bicyclic) bond motifs is 1. The fourth-order valence-corrected chi connectivity index (χ4v) is 1.63. The van der Waals surface area contributed by atoms with Crippen LogP contribution in [-0.4, -0.2) is 11.8 Å². The van der Waals surface area contributed by atoms with Crippen LogP contribution in [0.4, 0.5) is 5.69 Å². The van der Waals surface area contributed by atoms with Gasteiger partial charge in [-0.1, -0.05) is 12.1 Å². The Morgan fingerprint density at radius 2 is 2.17 bits per heavy atom. The van der Waals surface area contributed by atoms with Crippen molar-refractivity contribution in [2.24, 2.45) is 0 Å². The molecule has 1 atom stereocenters. The van der Waals surface area contributed by atoms with Crippen LogP contribution in [0, 0.1) is 6.92 Å². The predicted octanol–water partition coefficient (Wildman–Crippen LogP) is 1.99. The number of nitrogens with one attached hydrogen (secondary N) is 1. The molecule has 0 fully saturated rings. The number of benzene rings is 1. The second kappa shape index (κ2) is 2.34. The van der Waals surface area contributed by atoms with Crippen molar-refractivity contribution in [2.45, 2.75) is 19.9 Å². The van der Waals surface area contributed by atoms with E-state index in [0.29, 0.717) is 0 Å². The van der Waals surface area contributed by atoms with Gasteiger partial charge in [-0.3, -0.25) is 4.79 Å². The second-order valence-corrected chi connectivity index (χ2v) is 3.23. The summed E-state index contributed by atoms with van der Waals surface area (Å²) < 4.78 is 0. The Hall–Kier alpha value is -1.31. The summed E-state index contributed by atoms with van der Waals surface area (Å²) in [5.41, 5.74) is 2.91. The zero-order valence-electron chi connectivity index (χ0n) is 7.22. The van der Waals surface area contributed by atoms with Crippen molar-refractivity contribution in [2.75, 3.05) is 5.32 Å². The number of ketones is 1. The minimum absolute atomic E-state index is 0.0545. The molecule has 0 bridgehead atoms. The summed E-state index contributed by atoms with van der Waals surface area (Å²) in [7, 11) is 0. The van der Waals surface area contributed by atoms with Crippen LogP contribution in [0.2, 0.25) is 0 Å². The van der Waals surface area contributed by atoms with Crippen molar-refractivity contribution < 1.29 is 4.79 Å². The summed E-state index contributed by atoms with van der Waals surface area (Å²) in [6.45, 7) is 3.86. The van der Waals surface area contributed by atoms with Gasteiger partial charge >= 0.3 is 0 Å². The first kappa shape index (κ1) is 7.35. The Morgan fingerprint density at radius 1 is 1.42 bits per heavy atom. The van der Waals surface area contributed by atoms with E-state index in [4.69, 9.17) is 0 Å². The maximum atomic E-state index is 11.6. The van der Waals surface area contributed by atoms with Gasteiger partial charge < -0.3 is 5.32 Å². The molecular weight excluding hydrogens is 150 g/mol. The number of anilines is 1. The average Bonchev–Trinajstić information content (AvgIpc) is 2.29. The summed E-state index contributed by atoms with van der Waals surface area (Å²) in [5.74, 6) is 0.211. The quantitative estimate of drug-likeness (QED) is 0.630. The lowest BCUT2D eigenvalue weighted by atomic mass is 10.0. The number of Topliss-reactive ketones (excluding diaryl/α,β-unsaturated/α-hetero) is 1. The summed E-state index contributed by atoms with van der Waals surface area (Å²) in [6, 6.07) is 5.83. The molecule has 0 aromatic heterocycles. The molecule has 1 aliphatic rings. The number of carbonyl (C=O) groups excluding carboxylic acids is 1. The molecule has 12 heavy (non-hydrogen) atoms. The third kappa shape index (κ3) is 0.843. The summed E-state index contributed by atoms with van der Waals surface area (Å²) >= 11 is 0. The maximum Gasteiger partial charge on any atom is 0.187 e. The van der Waals surface area contributed by atoms with Crippen LogP contribution in [0.3, 0.4) is 0 Å². The SMILES string of the molecule is Cc1cccc2c1C(=O)C(C)N2. The first-order chi connectivity index (χ1) is 5.70. The van der Waals surface area contributed by atoms with Crippen molar-refractivity contribution in [3.8, 4) is 0 Å². The van der Waals surface area contributed by atoms with Crippen LogP contribution in [0.15, 0.2) is 18.2 Å². The average molecular weight is 161 g/mol. The van der Waals surface area contributed by atoms with Crippen molar-refractivity contribution >= 4 is 11.5 Å². The fourth-order valence-electron chi connectivity index (χ4n) is 1.63. The van der Waals surface area contributed by atoms with E-state index >= 15 is 0 Å². The van der Waals surface area contributed by atoms with Gasteiger partial charge in [0, 0.05) is 11.3 Å². The van der Waals surface area contributed by atoms with Crippen LogP contribution in [0.1, 0.15) is 22.8 Å². The molecule has 1 aromatic rings. The Labute approximate surface area is 71.6 Å². The number of hydrogen-bond donors (Lipinski definition) is 1. The van der Waals surface area contributed by atoms with Crippen LogP contribution in [-0.2, 0) is 0 Å². The largest absolute Gasteiger partial charge is 0.375 e. The molecule has 1 N–H and O–H groups in total. The van der Waals surface area contributed by atoms with Crippen molar-refractivity contribution in [3.05, 3.63) is 29.3 Å². The predicted molar refractivity (Wildman–Crippen MR) is 48.6 cm³/mol. The lowest BCUT2D eigenvalue weighted by molar-refractivity contribution is 0.0984. The monoisotopic (exact) mass is 161 g/mol. The van der Waals surface area contributed by atoms with Gasteiger partial charge in [0.1, 0.15) is 0 Å². The molecule has 0 radical (unpaired) electrons. The van der Waals surface area contributed by atoms with Crippen molar-refractivity contribution in [3.63, 3.8) is 0 Å². The first-order valence-electron chi connectivity index (χ1n) is 4.10. The summed E-state index contributed by atoms with van der Waals surface area (Å²) in [5, 5.41) is 3.14. The Balaban J connectivity index is 2.62. The van der Waals surface area contributed by atoms with Crippen LogP contribution in [0.5, 0.6) is 0 Å². The van der Waals surface area contributed by atoms with Gasteiger partial charge in [-0.15, -0.1) is 0 Å². The summed E-state index contributed by atoms with van der Waals surface area (Å²) in [4.78, 5) is 11.6. The van der Waals surface area contributed by atoms with E-state index in [1.54, 1.807) is 0 Å². The first-order valence-corrected chi connectivity index (χ1v) is 4.10. The molecular formula is C10H11NO. The van der Waals surface area contributed by atoms with Gasteiger partial charge in [0.05, 0.1) is 6.04 Å². The number of carbonyl (C=O) groups is 1. The van der Waals surface area contributed by atoms with Gasteiger partial charge in [-0.2, -0.15) is 0 Å². The summed E-state index contributed by atoms with van der Waals surface area (Å²) in [6.07, 6.45) is 0. The van der Waals surface area contributed by atoms with E-state index < -0.39 is 0 Å². The Morgan fingerprint density at radius 3 is 2.83 bits per heavy atom. The molecule has 62 valence electrons. The molecule has 2 rings (SSSR count). The van der Waals surface area contributed by atoms with Gasteiger partial charge in [0.25, 0.3) is 0 Å². The second-order valence-electron chi connectivity index (χ2n) is 3.23. The van der Waals surface area contributed by atoms with Crippen molar-refractivity contribution in [1.82, 2.24) is 0 Å². The highest BCUT2D eigenvalue weighted by molar-refractivity contribution is 6.11. The molecule has 2 nitrogen and oxygen atoms in total. The molecule has 0 spiro atoms. The minimum Gasteiger partial charge on any atom is -0.375 e. The maximum absolute atomic E-state index is 11.6. The van der Waals surface area contributed by atoms with E-state index in [-0.39, 0.29) is 11.8 Å². The topological polar surface area (TPSA) is 29.1 Å². The van der Waals surface area contributed by atoms with Crippen molar-refractivity contribution in [1.29, 1.82) is 0 Å². The van der Waals surface area contributed by atoms with E-state index in [2.05, 4.69) is 5.32 Å². The van der Waals surface area contributed by atoms with Crippen LogP contribution >= 0.6 is 0 Å². The molecule has 1 unspecified atom stereocenters. The third-order valence-electron chi connectivity index (χ3n) is 2.28. The number of rotatable bonds is 0. The van der Waals surface area contributed by atoms with E-state index in [1.165, 1.54) is 0 Å². The molecule has 1 aromatic carbocycles. The number of aryl methyl sites for hydroxylation is 1. The minimum atomic E-state index is -0.0545. The van der Waals surface area contributed by atoms with E-state index in [0.717, 1.165) is 16.8 Å². The fraction of sp³-hybridized carbons (Fsp3) is 0.300. The van der Waals surface area contributed by atoms with Gasteiger partial charge in [-0.05, 0) is 25.5 Å². The van der Waals surface area contributed by atoms with Crippen LogP contribution < -0.4 is 5.32 Å². The number of hydrogen-bond acceptors (Lipinski definition) is 2. The molecule has 2 heteroatoms. The molecule has 0 amide bonds. The lowest BCUT2D eigenvalue weighted by Crippen LogP contribution is -2.17. The van der Waals surface area contributed by atoms with Gasteiger partial charge in [-0.25, -0.2) is 0 Å². The van der Waals surface area contributed by atoms with Crippen LogP contribution in [0.25, 0.3) is 0 Å². The highest BCUT2D eigenvalue weighted by Crippen LogP contribution is 2.27. The molecule has 0 saturated carbocycles.